The number of benzene rings is 1. The number of rotatable bonds is 5. The summed E-state index contributed by atoms with van der Waals surface area (Å²) in [6.45, 7) is 0. The summed E-state index contributed by atoms with van der Waals surface area (Å²) in [5.74, 6) is 0.393. The fraction of sp³-hybridized carbons (Fsp3) is 0.182. The second-order valence-corrected chi connectivity index (χ2v) is 5.66. The van der Waals surface area contributed by atoms with Crippen LogP contribution in [0, 0.1) is 0 Å². The van der Waals surface area contributed by atoms with Crippen molar-refractivity contribution in [2.45, 2.75) is 4.90 Å². The number of anilines is 4. The lowest BCUT2D eigenvalue weighted by Gasteiger charge is -2.09. The summed E-state index contributed by atoms with van der Waals surface area (Å²) in [6.07, 6.45) is 0. The smallest absolute Gasteiger partial charge is 0.264 e. The van der Waals surface area contributed by atoms with Gasteiger partial charge in [0.25, 0.3) is 10.0 Å². The topological polar surface area (TPSA) is 135 Å². The van der Waals surface area contributed by atoms with Gasteiger partial charge in [-0.05, 0) is 24.3 Å². The van der Waals surface area contributed by atoms with Crippen LogP contribution in [0.2, 0.25) is 0 Å². The van der Waals surface area contributed by atoms with Gasteiger partial charge in [-0.3, -0.25) is 0 Å². The summed E-state index contributed by atoms with van der Waals surface area (Å²) in [6, 6.07) is 5.80. The maximum atomic E-state index is 12.2. The molecule has 0 aliphatic rings. The molecular formula is C11H15N7O2S. The third-order valence-corrected chi connectivity index (χ3v) is 3.84. The molecule has 0 atom stereocenters. The highest BCUT2D eigenvalue weighted by Gasteiger charge is 2.16. The van der Waals surface area contributed by atoms with E-state index in [1.165, 1.54) is 24.3 Å². The second-order valence-electron chi connectivity index (χ2n) is 3.98. The molecular weight excluding hydrogens is 294 g/mol. The molecule has 0 saturated heterocycles. The molecule has 1 aromatic carbocycles. The van der Waals surface area contributed by atoms with Crippen molar-refractivity contribution in [2.75, 3.05) is 35.2 Å². The summed E-state index contributed by atoms with van der Waals surface area (Å²) in [5, 5.41) is 5.44. The zero-order chi connectivity index (χ0) is 15.5. The van der Waals surface area contributed by atoms with Crippen LogP contribution in [0.15, 0.2) is 29.2 Å². The molecule has 10 heteroatoms. The van der Waals surface area contributed by atoms with Gasteiger partial charge in [0.15, 0.2) is 0 Å². The van der Waals surface area contributed by atoms with E-state index in [0.29, 0.717) is 5.69 Å². The van der Waals surface area contributed by atoms with E-state index in [0.717, 1.165) is 0 Å². The van der Waals surface area contributed by atoms with E-state index in [2.05, 4.69) is 30.3 Å². The number of aromatic nitrogens is 3. The van der Waals surface area contributed by atoms with Gasteiger partial charge in [0.05, 0.1) is 4.90 Å². The Hall–Kier alpha value is -2.62. The molecule has 0 amide bonds. The van der Waals surface area contributed by atoms with Gasteiger partial charge in [-0.25, -0.2) is 13.1 Å². The Morgan fingerprint density at radius 3 is 1.86 bits per heavy atom. The molecule has 0 radical (unpaired) electrons. The molecule has 0 unspecified atom stereocenters. The highest BCUT2D eigenvalue weighted by atomic mass is 32.2. The standard InChI is InChI=1S/C11H15N7O2S/c1-13-9-15-10(14-2)17-11(16-9)18-21(19,20)8-5-3-7(12)4-6-8/h3-6H,12H2,1-2H3,(H3,13,14,15,16,17,18). The molecule has 2 aromatic rings. The average Bonchev–Trinajstić information content (AvgIpc) is 2.46. The Morgan fingerprint density at radius 1 is 0.905 bits per heavy atom. The molecule has 1 aromatic heterocycles. The Balaban J connectivity index is 2.34. The molecule has 0 aliphatic heterocycles. The van der Waals surface area contributed by atoms with Crippen LogP contribution in [-0.4, -0.2) is 37.5 Å². The minimum atomic E-state index is -3.79. The first-order valence-corrected chi connectivity index (χ1v) is 7.43. The van der Waals surface area contributed by atoms with Gasteiger partial charge >= 0.3 is 0 Å². The monoisotopic (exact) mass is 309 g/mol. The van der Waals surface area contributed by atoms with Crippen LogP contribution in [0.4, 0.5) is 23.5 Å². The lowest BCUT2D eigenvalue weighted by molar-refractivity contribution is 0.601. The molecule has 1 heterocycles. The van der Waals surface area contributed by atoms with Crippen molar-refractivity contribution in [1.82, 2.24) is 15.0 Å². The lowest BCUT2D eigenvalue weighted by atomic mass is 10.3. The van der Waals surface area contributed by atoms with E-state index in [9.17, 15) is 8.42 Å². The van der Waals surface area contributed by atoms with Gasteiger partial charge < -0.3 is 16.4 Å². The highest BCUT2D eigenvalue weighted by Crippen LogP contribution is 2.16. The predicted octanol–water partition coefficient (Wildman–Crippen LogP) is 0.338. The quantitative estimate of drug-likeness (QED) is 0.581. The zero-order valence-electron chi connectivity index (χ0n) is 11.5. The minimum Gasteiger partial charge on any atom is -0.399 e. The Kier molecular flexibility index (Phi) is 4.08. The van der Waals surface area contributed by atoms with Crippen molar-refractivity contribution in [2.24, 2.45) is 0 Å². The molecule has 0 bridgehead atoms. The molecule has 112 valence electrons. The van der Waals surface area contributed by atoms with Crippen LogP contribution in [0.5, 0.6) is 0 Å². The first kappa shape index (κ1) is 14.8. The largest absolute Gasteiger partial charge is 0.399 e. The van der Waals surface area contributed by atoms with Crippen molar-refractivity contribution < 1.29 is 8.42 Å². The fourth-order valence-electron chi connectivity index (χ4n) is 1.47. The van der Waals surface area contributed by atoms with E-state index in [4.69, 9.17) is 5.73 Å². The number of nitrogens with one attached hydrogen (secondary N) is 3. The van der Waals surface area contributed by atoms with E-state index >= 15 is 0 Å². The molecule has 5 N–H and O–H groups in total. The molecule has 21 heavy (non-hydrogen) atoms. The Labute approximate surface area is 122 Å². The first-order valence-electron chi connectivity index (χ1n) is 5.94. The third-order valence-electron chi connectivity index (χ3n) is 2.50. The third kappa shape index (κ3) is 3.48. The molecule has 9 nitrogen and oxygen atoms in total. The Bertz CT molecular complexity index is 708. The number of sulfonamides is 1. The van der Waals surface area contributed by atoms with E-state index in [-0.39, 0.29) is 22.7 Å². The van der Waals surface area contributed by atoms with Gasteiger partial charge in [0.1, 0.15) is 0 Å². The normalized spacial score (nSPS) is 11.0. The van der Waals surface area contributed by atoms with Gasteiger partial charge in [-0.2, -0.15) is 15.0 Å². The predicted molar refractivity (Wildman–Crippen MR) is 80.6 cm³/mol. The van der Waals surface area contributed by atoms with Crippen molar-refractivity contribution in [3.63, 3.8) is 0 Å². The maximum Gasteiger partial charge on any atom is 0.264 e. The molecule has 0 saturated carbocycles. The summed E-state index contributed by atoms with van der Waals surface area (Å²) in [4.78, 5) is 11.9. The van der Waals surface area contributed by atoms with Crippen molar-refractivity contribution in [3.05, 3.63) is 24.3 Å². The number of nitrogens with zero attached hydrogens (tertiary/aromatic N) is 3. The van der Waals surface area contributed by atoms with Gasteiger partial charge in [-0.15, -0.1) is 0 Å². The van der Waals surface area contributed by atoms with Crippen molar-refractivity contribution >= 4 is 33.6 Å². The van der Waals surface area contributed by atoms with Gasteiger partial charge in [-0.1, -0.05) is 0 Å². The van der Waals surface area contributed by atoms with Crippen LogP contribution in [-0.2, 0) is 10.0 Å². The lowest BCUT2D eigenvalue weighted by Crippen LogP contribution is -2.17. The van der Waals surface area contributed by atoms with Crippen LogP contribution in [0.3, 0.4) is 0 Å². The van der Waals surface area contributed by atoms with Crippen LogP contribution >= 0.6 is 0 Å². The van der Waals surface area contributed by atoms with Crippen molar-refractivity contribution in [1.29, 1.82) is 0 Å². The fourth-order valence-corrected chi connectivity index (χ4v) is 2.42. The molecule has 0 spiro atoms. The van der Waals surface area contributed by atoms with Crippen molar-refractivity contribution in [3.8, 4) is 0 Å². The SMILES string of the molecule is CNc1nc(NC)nc(NS(=O)(=O)c2ccc(N)cc2)n1. The minimum absolute atomic E-state index is 0.0640. The van der Waals surface area contributed by atoms with E-state index in [1.54, 1.807) is 14.1 Å². The van der Waals surface area contributed by atoms with Gasteiger partial charge in [0.2, 0.25) is 17.8 Å². The summed E-state index contributed by atoms with van der Waals surface area (Å²) >= 11 is 0. The van der Waals surface area contributed by atoms with Crippen LogP contribution < -0.4 is 21.1 Å². The molecule has 0 aliphatic carbocycles. The summed E-state index contributed by atoms with van der Waals surface area (Å²) in [7, 11) is -0.558. The Morgan fingerprint density at radius 2 is 1.38 bits per heavy atom. The average molecular weight is 309 g/mol. The zero-order valence-corrected chi connectivity index (χ0v) is 12.3. The number of hydrogen-bond acceptors (Lipinski definition) is 8. The first-order chi connectivity index (χ1) is 9.94. The van der Waals surface area contributed by atoms with Crippen LogP contribution in [0.25, 0.3) is 0 Å². The highest BCUT2D eigenvalue weighted by molar-refractivity contribution is 7.92. The van der Waals surface area contributed by atoms with Gasteiger partial charge in [0, 0.05) is 19.8 Å². The maximum absolute atomic E-state index is 12.2. The summed E-state index contributed by atoms with van der Waals surface area (Å²) < 4.78 is 26.7. The summed E-state index contributed by atoms with van der Waals surface area (Å²) in [5.41, 5.74) is 6.01. The van der Waals surface area contributed by atoms with E-state index in [1.807, 2.05) is 0 Å². The molecule has 2 rings (SSSR count). The second kappa shape index (κ2) is 5.79. The van der Waals surface area contributed by atoms with Crippen LogP contribution in [0.1, 0.15) is 0 Å². The van der Waals surface area contributed by atoms with E-state index < -0.39 is 10.0 Å². The number of nitrogens with two attached hydrogens (primary N) is 1. The number of hydrogen-bond donors (Lipinski definition) is 4. The number of nitrogen functional groups attached to an aromatic ring is 1. The molecule has 0 fully saturated rings.